The number of hydrogen-bond acceptors (Lipinski definition) is 2. The molecular weight excluding hydrogens is 210 g/mol. The van der Waals surface area contributed by atoms with Crippen LogP contribution in [0.3, 0.4) is 0 Å². The van der Waals surface area contributed by atoms with Gasteiger partial charge < -0.3 is 0 Å². The topological polar surface area (TPSA) is 38.5 Å². The monoisotopic (exact) mass is 223 g/mol. The Hall–Kier alpha value is -1.34. The van der Waals surface area contributed by atoms with Crippen molar-refractivity contribution in [2.24, 2.45) is 0 Å². The van der Waals surface area contributed by atoms with Crippen molar-refractivity contribution in [2.45, 2.75) is 30.5 Å². The van der Waals surface area contributed by atoms with E-state index in [0.29, 0.717) is 0 Å². The van der Waals surface area contributed by atoms with Gasteiger partial charge >= 0.3 is 4.87 Å². The van der Waals surface area contributed by atoms with Gasteiger partial charge in [-0.15, -0.1) is 0 Å². The lowest BCUT2D eigenvalue weighted by molar-refractivity contribution is 0.571. The molecule has 0 saturated heterocycles. The van der Waals surface area contributed by atoms with Crippen molar-refractivity contribution in [3.63, 3.8) is 0 Å². The van der Waals surface area contributed by atoms with Gasteiger partial charge in [0.1, 0.15) is 0 Å². The van der Waals surface area contributed by atoms with Gasteiger partial charge in [-0.05, 0) is 19.1 Å². The number of hydrogen-bond donors (Lipinski definition) is 0. The molecule has 0 aliphatic heterocycles. The Bertz CT molecular complexity index is 492. The van der Waals surface area contributed by atoms with Crippen LogP contribution >= 0.6 is 0 Å². The second-order valence-corrected chi connectivity index (χ2v) is 6.35. The van der Waals surface area contributed by atoms with E-state index < -0.39 is 14.7 Å². The average molecular weight is 223 g/mol. The molecule has 0 aliphatic carbocycles. The van der Waals surface area contributed by atoms with E-state index in [2.05, 4.69) is 4.85 Å². The predicted molar refractivity (Wildman–Crippen MR) is 59.0 cm³/mol. The molecule has 0 heterocycles. The summed E-state index contributed by atoms with van der Waals surface area (Å²) in [4.78, 5) is 1.96. The first-order valence-corrected chi connectivity index (χ1v) is 5.99. The van der Waals surface area contributed by atoms with Crippen LogP contribution in [0.1, 0.15) is 19.4 Å². The van der Waals surface area contributed by atoms with E-state index in [1.54, 1.807) is 12.1 Å². The highest BCUT2D eigenvalue weighted by atomic mass is 32.2. The van der Waals surface area contributed by atoms with Gasteiger partial charge in [0, 0.05) is 13.8 Å². The summed E-state index contributed by atoms with van der Waals surface area (Å²) in [5.41, 5.74) is 0.995. The van der Waals surface area contributed by atoms with Gasteiger partial charge in [-0.2, -0.15) is 0 Å². The van der Waals surface area contributed by atoms with Crippen LogP contribution in [-0.4, -0.2) is 13.3 Å². The molecule has 0 amide bonds. The van der Waals surface area contributed by atoms with E-state index in [-0.39, 0.29) is 4.90 Å². The van der Waals surface area contributed by atoms with Crippen molar-refractivity contribution in [1.82, 2.24) is 0 Å². The lowest BCUT2D eigenvalue weighted by Gasteiger charge is -2.12. The fraction of sp³-hybridized carbons (Fsp3) is 0.364. The minimum absolute atomic E-state index is 0.203. The summed E-state index contributed by atoms with van der Waals surface area (Å²) in [7, 11) is -3.56. The number of nitrogens with zero attached hydrogens (tertiary/aromatic N) is 1. The maximum atomic E-state index is 12.0. The minimum atomic E-state index is -3.56. The van der Waals surface area contributed by atoms with Crippen LogP contribution in [-0.2, 0) is 9.84 Å². The standard InChI is InChI=1S/C11H13NO2S/c1-9-5-7-10(8-6-9)15(13,14)11(2,3)12-4/h5-8H,1-3H3. The Labute approximate surface area is 90.5 Å². The van der Waals surface area contributed by atoms with E-state index in [4.69, 9.17) is 6.57 Å². The van der Waals surface area contributed by atoms with Crippen LogP contribution in [0.15, 0.2) is 29.2 Å². The Morgan fingerprint density at radius 3 is 2.07 bits per heavy atom. The molecule has 15 heavy (non-hydrogen) atoms. The highest BCUT2D eigenvalue weighted by molar-refractivity contribution is 7.93. The van der Waals surface area contributed by atoms with Crippen molar-refractivity contribution in [1.29, 1.82) is 0 Å². The first kappa shape index (κ1) is 11.7. The quantitative estimate of drug-likeness (QED) is 0.722. The average Bonchev–Trinajstić information content (AvgIpc) is 2.18. The number of benzene rings is 1. The van der Waals surface area contributed by atoms with Gasteiger partial charge in [0.05, 0.1) is 4.90 Å². The molecule has 80 valence electrons. The Morgan fingerprint density at radius 1 is 1.20 bits per heavy atom. The predicted octanol–water partition coefficient (Wildman–Crippen LogP) is 2.42. The van der Waals surface area contributed by atoms with Crippen LogP contribution in [0.4, 0.5) is 0 Å². The number of aryl methyl sites for hydroxylation is 1. The molecule has 0 atom stereocenters. The van der Waals surface area contributed by atoms with Crippen molar-refractivity contribution < 1.29 is 8.42 Å². The number of sulfone groups is 1. The molecule has 0 bridgehead atoms. The molecule has 0 unspecified atom stereocenters. The normalized spacial score (nSPS) is 12.1. The maximum Gasteiger partial charge on any atom is 0.328 e. The maximum absolute atomic E-state index is 12.0. The molecule has 0 spiro atoms. The minimum Gasteiger partial charge on any atom is -0.293 e. The van der Waals surface area contributed by atoms with Gasteiger partial charge in [0.15, 0.2) is 0 Å². The van der Waals surface area contributed by atoms with Crippen LogP contribution < -0.4 is 0 Å². The van der Waals surface area contributed by atoms with Gasteiger partial charge in [-0.3, -0.25) is 4.85 Å². The molecule has 0 saturated carbocycles. The highest BCUT2D eigenvalue weighted by Gasteiger charge is 2.41. The summed E-state index contributed by atoms with van der Waals surface area (Å²) in [6, 6.07) is 6.54. The molecule has 0 radical (unpaired) electrons. The summed E-state index contributed by atoms with van der Waals surface area (Å²) < 4.78 is 24.0. The molecule has 1 aromatic rings. The molecule has 0 fully saturated rings. The SMILES string of the molecule is [C-]#[N+]C(C)(C)S(=O)(=O)c1ccc(C)cc1. The Balaban J connectivity index is 3.32. The van der Waals surface area contributed by atoms with Crippen LogP contribution in [0.5, 0.6) is 0 Å². The van der Waals surface area contributed by atoms with E-state index in [1.807, 2.05) is 6.92 Å². The zero-order valence-electron chi connectivity index (χ0n) is 8.98. The van der Waals surface area contributed by atoms with E-state index in [1.165, 1.54) is 26.0 Å². The highest BCUT2D eigenvalue weighted by Crippen LogP contribution is 2.26. The lowest BCUT2D eigenvalue weighted by Crippen LogP contribution is -2.27. The second-order valence-electron chi connectivity index (χ2n) is 3.88. The molecule has 0 aliphatic rings. The number of rotatable bonds is 2. The zero-order chi connectivity index (χ0) is 11.7. The lowest BCUT2D eigenvalue weighted by atomic mass is 10.2. The van der Waals surface area contributed by atoms with Crippen LogP contribution in [0, 0.1) is 13.5 Å². The molecule has 0 N–H and O–H groups in total. The first-order chi connectivity index (χ1) is 6.81. The van der Waals surface area contributed by atoms with E-state index in [9.17, 15) is 8.42 Å². The summed E-state index contributed by atoms with van der Waals surface area (Å²) in [6.45, 7) is 11.6. The third kappa shape index (κ3) is 2.02. The van der Waals surface area contributed by atoms with Crippen molar-refractivity contribution in [3.8, 4) is 0 Å². The molecule has 4 heteroatoms. The molecule has 3 nitrogen and oxygen atoms in total. The summed E-state index contributed by atoms with van der Waals surface area (Å²) in [6.07, 6.45) is 0. The fourth-order valence-electron chi connectivity index (χ4n) is 1.07. The van der Waals surface area contributed by atoms with Crippen molar-refractivity contribution in [2.75, 3.05) is 0 Å². The van der Waals surface area contributed by atoms with Gasteiger partial charge in [0.2, 0.25) is 0 Å². The molecular formula is C11H13NO2S. The molecule has 1 aromatic carbocycles. The fourth-order valence-corrected chi connectivity index (χ4v) is 2.26. The van der Waals surface area contributed by atoms with Crippen LogP contribution in [0.25, 0.3) is 4.85 Å². The Kier molecular flexibility index (Phi) is 2.87. The summed E-state index contributed by atoms with van der Waals surface area (Å²) >= 11 is 0. The first-order valence-electron chi connectivity index (χ1n) is 4.51. The Morgan fingerprint density at radius 2 is 1.67 bits per heavy atom. The largest absolute Gasteiger partial charge is 0.328 e. The van der Waals surface area contributed by atoms with E-state index >= 15 is 0 Å². The molecule has 0 aromatic heterocycles. The van der Waals surface area contributed by atoms with E-state index in [0.717, 1.165) is 5.56 Å². The van der Waals surface area contributed by atoms with Gasteiger partial charge in [-0.25, -0.2) is 15.0 Å². The smallest absolute Gasteiger partial charge is 0.293 e. The molecule has 1 rings (SSSR count). The van der Waals surface area contributed by atoms with Crippen LogP contribution in [0.2, 0.25) is 0 Å². The second kappa shape index (κ2) is 3.67. The van der Waals surface area contributed by atoms with Gasteiger partial charge in [-0.1, -0.05) is 17.7 Å². The third-order valence-corrected chi connectivity index (χ3v) is 4.56. The summed E-state index contributed by atoms with van der Waals surface area (Å²) in [5.74, 6) is 0. The van der Waals surface area contributed by atoms with Gasteiger partial charge in [0.25, 0.3) is 9.84 Å². The zero-order valence-corrected chi connectivity index (χ0v) is 9.80. The third-order valence-electron chi connectivity index (χ3n) is 2.26. The van der Waals surface area contributed by atoms with Crippen molar-refractivity contribution >= 4 is 9.84 Å². The summed E-state index contributed by atoms with van der Waals surface area (Å²) in [5, 5.41) is 0. The van der Waals surface area contributed by atoms with Crippen molar-refractivity contribution in [3.05, 3.63) is 41.2 Å².